The molecule has 1 N–H and O–H groups in total. The lowest BCUT2D eigenvalue weighted by Crippen LogP contribution is -2.26. The van der Waals surface area contributed by atoms with Crippen molar-refractivity contribution in [2.75, 3.05) is 6.61 Å². The number of hydrogen-bond donors (Lipinski definition) is 1. The van der Waals surface area contributed by atoms with E-state index in [2.05, 4.69) is 0 Å². The van der Waals surface area contributed by atoms with Crippen molar-refractivity contribution in [1.29, 1.82) is 0 Å². The molecule has 88 valence electrons. The van der Waals surface area contributed by atoms with E-state index in [0.29, 0.717) is 18.1 Å². The third kappa shape index (κ3) is 3.51. The van der Waals surface area contributed by atoms with Gasteiger partial charge in [0.05, 0.1) is 0 Å². The summed E-state index contributed by atoms with van der Waals surface area (Å²) in [6.07, 6.45) is -0.461. The molecule has 1 aromatic rings. The number of aliphatic carboxylic acids is 1. The molecule has 0 saturated heterocycles. The average molecular weight is 243 g/mol. The van der Waals surface area contributed by atoms with Crippen LogP contribution in [0.2, 0.25) is 5.02 Å². The smallest absolute Gasteiger partial charge is 0.333 e. The lowest BCUT2D eigenvalue weighted by molar-refractivity contribution is -0.149. The first-order valence-corrected chi connectivity index (χ1v) is 5.51. The lowest BCUT2D eigenvalue weighted by atomic mass is 10.0. The summed E-state index contributed by atoms with van der Waals surface area (Å²) in [6, 6.07) is 5.45. The van der Waals surface area contributed by atoms with Crippen LogP contribution in [0.5, 0.6) is 0 Å². The van der Waals surface area contributed by atoms with Crippen molar-refractivity contribution in [2.45, 2.75) is 26.4 Å². The summed E-state index contributed by atoms with van der Waals surface area (Å²) in [7, 11) is 0. The summed E-state index contributed by atoms with van der Waals surface area (Å²) in [5.41, 5.74) is 1.93. The molecule has 0 fully saturated rings. The van der Waals surface area contributed by atoms with E-state index in [1.54, 1.807) is 19.1 Å². The highest BCUT2D eigenvalue weighted by Gasteiger charge is 2.18. The Morgan fingerprint density at radius 1 is 1.56 bits per heavy atom. The molecule has 0 unspecified atom stereocenters. The average Bonchev–Trinajstić information content (AvgIpc) is 2.22. The zero-order valence-electron chi connectivity index (χ0n) is 9.37. The van der Waals surface area contributed by atoms with Crippen LogP contribution < -0.4 is 0 Å². The van der Waals surface area contributed by atoms with Gasteiger partial charge in [-0.05, 0) is 37.1 Å². The predicted molar refractivity (Wildman–Crippen MR) is 62.9 cm³/mol. The number of carbonyl (C=O) groups is 1. The van der Waals surface area contributed by atoms with E-state index in [0.717, 1.165) is 11.1 Å². The Balaban J connectivity index is 2.84. The van der Waals surface area contributed by atoms with E-state index in [-0.39, 0.29) is 0 Å². The first-order chi connectivity index (χ1) is 7.54. The fraction of sp³-hybridized carbons (Fsp3) is 0.417. The molecule has 1 aromatic carbocycles. The van der Waals surface area contributed by atoms with Crippen LogP contribution in [-0.2, 0) is 16.0 Å². The number of hydrogen-bond acceptors (Lipinski definition) is 2. The molecule has 4 heteroatoms. The number of aryl methyl sites for hydroxylation is 1. The van der Waals surface area contributed by atoms with Gasteiger partial charge in [-0.3, -0.25) is 0 Å². The van der Waals surface area contributed by atoms with Gasteiger partial charge in [0.1, 0.15) is 0 Å². The summed E-state index contributed by atoms with van der Waals surface area (Å²) in [5, 5.41) is 9.58. The number of carboxylic acids is 1. The van der Waals surface area contributed by atoms with Crippen molar-refractivity contribution in [3.63, 3.8) is 0 Å². The molecule has 0 aliphatic rings. The Hall–Kier alpha value is -1.06. The van der Waals surface area contributed by atoms with Crippen LogP contribution in [0.25, 0.3) is 0 Å². The van der Waals surface area contributed by atoms with Gasteiger partial charge in [0.15, 0.2) is 6.10 Å². The minimum Gasteiger partial charge on any atom is -0.479 e. The Morgan fingerprint density at radius 2 is 2.25 bits per heavy atom. The maximum absolute atomic E-state index is 10.9. The summed E-state index contributed by atoms with van der Waals surface area (Å²) in [5.74, 6) is -0.943. The van der Waals surface area contributed by atoms with E-state index < -0.39 is 12.1 Å². The van der Waals surface area contributed by atoms with Crippen molar-refractivity contribution in [3.05, 3.63) is 34.3 Å². The number of benzene rings is 1. The molecule has 0 radical (unpaired) electrons. The number of carboxylic acid groups (broad SMARTS) is 1. The van der Waals surface area contributed by atoms with Crippen LogP contribution in [0, 0.1) is 6.92 Å². The molecule has 0 saturated carbocycles. The molecule has 0 amide bonds. The third-order valence-electron chi connectivity index (χ3n) is 2.36. The zero-order valence-corrected chi connectivity index (χ0v) is 10.1. The van der Waals surface area contributed by atoms with Crippen LogP contribution in [0.1, 0.15) is 18.1 Å². The predicted octanol–water partition coefficient (Wildman–Crippen LogP) is 2.68. The standard InChI is InChI=1S/C12H15ClO3/c1-3-16-11(12(14)15)7-9-6-10(13)5-4-8(9)2/h4-6,11H,3,7H2,1-2H3,(H,14,15)/t11-/m1/s1. The molecule has 3 nitrogen and oxygen atoms in total. The van der Waals surface area contributed by atoms with Crippen LogP contribution in [0.3, 0.4) is 0 Å². The highest BCUT2D eigenvalue weighted by molar-refractivity contribution is 6.30. The van der Waals surface area contributed by atoms with Crippen molar-refractivity contribution in [1.82, 2.24) is 0 Å². The van der Waals surface area contributed by atoms with E-state index in [1.807, 2.05) is 13.0 Å². The fourth-order valence-corrected chi connectivity index (χ4v) is 1.67. The Morgan fingerprint density at radius 3 is 2.81 bits per heavy atom. The van der Waals surface area contributed by atoms with Gasteiger partial charge in [0.2, 0.25) is 0 Å². The van der Waals surface area contributed by atoms with Gasteiger partial charge in [0, 0.05) is 18.1 Å². The molecule has 0 heterocycles. The molecule has 0 bridgehead atoms. The van der Waals surface area contributed by atoms with Crippen molar-refractivity contribution in [3.8, 4) is 0 Å². The molecule has 1 rings (SSSR count). The highest BCUT2D eigenvalue weighted by atomic mass is 35.5. The maximum atomic E-state index is 10.9. The van der Waals surface area contributed by atoms with E-state index in [9.17, 15) is 4.79 Å². The summed E-state index contributed by atoms with van der Waals surface area (Å²) >= 11 is 5.87. The normalized spacial score (nSPS) is 12.4. The molecule has 0 aliphatic heterocycles. The second kappa shape index (κ2) is 5.87. The van der Waals surface area contributed by atoms with Gasteiger partial charge in [-0.2, -0.15) is 0 Å². The fourth-order valence-electron chi connectivity index (χ4n) is 1.48. The number of halogens is 1. The maximum Gasteiger partial charge on any atom is 0.333 e. The van der Waals surface area contributed by atoms with Gasteiger partial charge in [-0.15, -0.1) is 0 Å². The summed E-state index contributed by atoms with van der Waals surface area (Å²) in [6.45, 7) is 4.09. The van der Waals surface area contributed by atoms with Crippen LogP contribution in [0.4, 0.5) is 0 Å². The topological polar surface area (TPSA) is 46.5 Å². The monoisotopic (exact) mass is 242 g/mol. The minimum absolute atomic E-state index is 0.343. The Bertz CT molecular complexity index is 377. The first-order valence-electron chi connectivity index (χ1n) is 5.14. The summed E-state index contributed by atoms with van der Waals surface area (Å²) in [4.78, 5) is 10.9. The van der Waals surface area contributed by atoms with Crippen molar-refractivity contribution in [2.24, 2.45) is 0 Å². The van der Waals surface area contributed by atoms with Crippen molar-refractivity contribution < 1.29 is 14.6 Å². The van der Waals surface area contributed by atoms with E-state index >= 15 is 0 Å². The van der Waals surface area contributed by atoms with Gasteiger partial charge >= 0.3 is 5.97 Å². The Kier molecular flexibility index (Phi) is 4.77. The molecule has 0 aliphatic carbocycles. The third-order valence-corrected chi connectivity index (χ3v) is 2.59. The number of rotatable bonds is 5. The first kappa shape index (κ1) is 13.0. The second-order valence-corrected chi connectivity index (χ2v) is 3.99. The van der Waals surface area contributed by atoms with Gasteiger partial charge in [0.25, 0.3) is 0 Å². The molecular formula is C12H15ClO3. The Labute approximate surface area is 100.0 Å². The largest absolute Gasteiger partial charge is 0.479 e. The van der Waals surface area contributed by atoms with Crippen molar-refractivity contribution >= 4 is 17.6 Å². The quantitative estimate of drug-likeness (QED) is 0.864. The van der Waals surface area contributed by atoms with E-state index in [1.165, 1.54) is 0 Å². The lowest BCUT2D eigenvalue weighted by Gasteiger charge is -2.14. The molecule has 0 aromatic heterocycles. The van der Waals surface area contributed by atoms with Gasteiger partial charge in [-0.25, -0.2) is 4.79 Å². The zero-order chi connectivity index (χ0) is 12.1. The van der Waals surface area contributed by atoms with Crippen LogP contribution >= 0.6 is 11.6 Å². The van der Waals surface area contributed by atoms with Gasteiger partial charge < -0.3 is 9.84 Å². The molecule has 1 atom stereocenters. The number of ether oxygens (including phenoxy) is 1. The summed E-state index contributed by atoms with van der Waals surface area (Å²) < 4.78 is 5.16. The highest BCUT2D eigenvalue weighted by Crippen LogP contribution is 2.17. The van der Waals surface area contributed by atoms with Crippen LogP contribution in [0.15, 0.2) is 18.2 Å². The second-order valence-electron chi connectivity index (χ2n) is 3.56. The molecule has 0 spiro atoms. The SMILES string of the molecule is CCO[C@H](Cc1cc(Cl)ccc1C)C(=O)O. The molecule has 16 heavy (non-hydrogen) atoms. The minimum atomic E-state index is -0.943. The van der Waals surface area contributed by atoms with Gasteiger partial charge in [-0.1, -0.05) is 17.7 Å². The van der Waals surface area contributed by atoms with Crippen LogP contribution in [-0.4, -0.2) is 23.8 Å². The van der Waals surface area contributed by atoms with E-state index in [4.69, 9.17) is 21.4 Å². The molecular weight excluding hydrogens is 228 g/mol.